The van der Waals surface area contributed by atoms with E-state index in [1.165, 1.54) is 11.1 Å². The van der Waals surface area contributed by atoms with E-state index in [4.69, 9.17) is 9.15 Å². The summed E-state index contributed by atoms with van der Waals surface area (Å²) in [5.41, 5.74) is 3.45. The molecular weight excluding hydrogens is 304 g/mol. The number of carbonyl (C=O) groups is 1. The number of aryl methyl sites for hydroxylation is 3. The van der Waals surface area contributed by atoms with Crippen LogP contribution < -0.4 is 10.1 Å². The van der Waals surface area contributed by atoms with Gasteiger partial charge in [-0.05, 0) is 62.3 Å². The van der Waals surface area contributed by atoms with Crippen LogP contribution in [0.2, 0.25) is 0 Å². The van der Waals surface area contributed by atoms with Gasteiger partial charge in [0.25, 0.3) is 0 Å². The first-order chi connectivity index (χ1) is 11.6. The Labute approximate surface area is 142 Å². The fourth-order valence-corrected chi connectivity index (χ4v) is 3.32. The summed E-state index contributed by atoms with van der Waals surface area (Å²) in [6, 6.07) is 6.18. The van der Waals surface area contributed by atoms with Gasteiger partial charge >= 0.3 is 0 Å². The first-order valence-electron chi connectivity index (χ1n) is 8.43. The van der Waals surface area contributed by atoms with Crippen LogP contribution in [0.25, 0.3) is 0 Å². The molecule has 0 radical (unpaired) electrons. The number of rotatable bonds is 5. The third kappa shape index (κ3) is 3.61. The second kappa shape index (κ2) is 7.07. The second-order valence-electron chi connectivity index (χ2n) is 6.38. The van der Waals surface area contributed by atoms with Crippen LogP contribution in [0.15, 0.2) is 22.6 Å². The van der Waals surface area contributed by atoms with Crippen molar-refractivity contribution in [2.45, 2.75) is 52.0 Å². The highest BCUT2D eigenvalue weighted by Gasteiger charge is 2.23. The molecule has 3 rings (SSSR count). The van der Waals surface area contributed by atoms with Gasteiger partial charge in [-0.3, -0.25) is 4.79 Å². The van der Waals surface area contributed by atoms with Crippen molar-refractivity contribution in [1.29, 1.82) is 0 Å². The summed E-state index contributed by atoms with van der Waals surface area (Å²) in [6.07, 6.45) is 3.71. The molecule has 5 nitrogen and oxygen atoms in total. The summed E-state index contributed by atoms with van der Waals surface area (Å²) < 4.78 is 10.8. The van der Waals surface area contributed by atoms with Crippen LogP contribution in [-0.4, -0.2) is 18.0 Å². The first-order valence-corrected chi connectivity index (χ1v) is 8.43. The quantitative estimate of drug-likeness (QED) is 0.913. The maximum absolute atomic E-state index is 12.3. The van der Waals surface area contributed by atoms with Crippen molar-refractivity contribution in [2.75, 3.05) is 7.11 Å². The minimum Gasteiger partial charge on any atom is -0.497 e. The highest BCUT2D eigenvalue weighted by Crippen LogP contribution is 2.35. The lowest BCUT2D eigenvalue weighted by atomic mass is 9.81. The number of nitrogens with one attached hydrogen (secondary N) is 1. The molecule has 0 aliphatic heterocycles. The van der Waals surface area contributed by atoms with E-state index in [9.17, 15) is 4.79 Å². The van der Waals surface area contributed by atoms with Crippen molar-refractivity contribution in [3.63, 3.8) is 0 Å². The molecule has 24 heavy (non-hydrogen) atoms. The van der Waals surface area contributed by atoms with E-state index in [1.807, 2.05) is 19.9 Å². The fraction of sp³-hybridized carbons (Fsp3) is 0.474. The number of methoxy groups -OCH3 is 1. The van der Waals surface area contributed by atoms with Crippen LogP contribution in [0.1, 0.15) is 53.7 Å². The lowest BCUT2D eigenvalue weighted by molar-refractivity contribution is -0.121. The van der Waals surface area contributed by atoms with Crippen LogP contribution in [0.4, 0.5) is 0 Å². The summed E-state index contributed by atoms with van der Waals surface area (Å²) in [6.45, 7) is 4.12. The average molecular weight is 328 g/mol. The molecule has 0 bridgehead atoms. The molecule has 0 saturated heterocycles. The molecule has 1 aromatic heterocycles. The number of benzene rings is 1. The monoisotopic (exact) mass is 328 g/mol. The van der Waals surface area contributed by atoms with E-state index in [2.05, 4.69) is 22.4 Å². The summed E-state index contributed by atoms with van der Waals surface area (Å²) in [5.74, 6) is 2.56. The van der Waals surface area contributed by atoms with Gasteiger partial charge in [-0.2, -0.15) is 0 Å². The summed E-state index contributed by atoms with van der Waals surface area (Å²) >= 11 is 0. The topological polar surface area (TPSA) is 64.4 Å². The van der Waals surface area contributed by atoms with Gasteiger partial charge in [0.15, 0.2) is 0 Å². The number of amides is 1. The van der Waals surface area contributed by atoms with Gasteiger partial charge in [-0.25, -0.2) is 4.98 Å². The van der Waals surface area contributed by atoms with E-state index >= 15 is 0 Å². The number of carbonyl (C=O) groups excluding carboxylic acids is 1. The van der Waals surface area contributed by atoms with E-state index in [0.717, 1.165) is 36.5 Å². The lowest BCUT2D eigenvalue weighted by Crippen LogP contribution is -2.26. The predicted octanol–water partition coefficient (Wildman–Crippen LogP) is 3.43. The molecule has 1 heterocycles. The number of nitrogens with zero attached hydrogens (tertiary/aromatic N) is 1. The molecule has 0 saturated carbocycles. The summed E-state index contributed by atoms with van der Waals surface area (Å²) in [5, 5.41) is 2.92. The van der Waals surface area contributed by atoms with Crippen LogP contribution in [0, 0.1) is 13.8 Å². The molecule has 1 atom stereocenters. The Hall–Kier alpha value is -2.30. The van der Waals surface area contributed by atoms with E-state index in [1.54, 1.807) is 7.11 Å². The number of hydrogen-bond acceptors (Lipinski definition) is 4. The molecule has 1 amide bonds. The normalized spacial score (nSPS) is 16.5. The number of fused-ring (bicyclic) bond motifs is 1. The Kier molecular flexibility index (Phi) is 4.88. The van der Waals surface area contributed by atoms with Crippen molar-refractivity contribution in [3.05, 3.63) is 46.7 Å². The Balaban J connectivity index is 1.61. The average Bonchev–Trinajstić information content (AvgIpc) is 2.91. The van der Waals surface area contributed by atoms with E-state index in [0.29, 0.717) is 18.9 Å². The van der Waals surface area contributed by atoms with Crippen molar-refractivity contribution in [2.24, 2.45) is 0 Å². The maximum Gasteiger partial charge on any atom is 0.221 e. The highest BCUT2D eigenvalue weighted by atomic mass is 16.5. The smallest absolute Gasteiger partial charge is 0.221 e. The van der Waals surface area contributed by atoms with Gasteiger partial charge in [0.1, 0.15) is 11.5 Å². The maximum atomic E-state index is 12.3. The first kappa shape index (κ1) is 16.6. The van der Waals surface area contributed by atoms with Gasteiger partial charge in [0, 0.05) is 6.42 Å². The Morgan fingerprint density at radius 2 is 2.25 bits per heavy atom. The molecule has 128 valence electrons. The molecule has 1 aliphatic rings. The summed E-state index contributed by atoms with van der Waals surface area (Å²) in [4.78, 5) is 16.6. The zero-order valence-electron chi connectivity index (χ0n) is 14.5. The Morgan fingerprint density at radius 1 is 1.42 bits per heavy atom. The van der Waals surface area contributed by atoms with Crippen molar-refractivity contribution >= 4 is 5.91 Å². The van der Waals surface area contributed by atoms with Crippen molar-refractivity contribution < 1.29 is 13.9 Å². The third-order valence-electron chi connectivity index (χ3n) is 4.73. The molecular formula is C19H24N2O3. The van der Waals surface area contributed by atoms with Gasteiger partial charge in [0.2, 0.25) is 11.8 Å². The van der Waals surface area contributed by atoms with Crippen molar-refractivity contribution in [3.8, 4) is 5.75 Å². The van der Waals surface area contributed by atoms with Crippen LogP contribution in [0.5, 0.6) is 5.75 Å². The van der Waals surface area contributed by atoms with Gasteiger partial charge in [0.05, 0.1) is 19.3 Å². The zero-order chi connectivity index (χ0) is 17.1. The molecule has 1 aliphatic carbocycles. The lowest BCUT2D eigenvalue weighted by Gasteiger charge is -2.25. The highest BCUT2D eigenvalue weighted by molar-refractivity contribution is 5.77. The Bertz CT molecular complexity index is 717. The second-order valence-corrected chi connectivity index (χ2v) is 6.38. The zero-order valence-corrected chi connectivity index (χ0v) is 14.5. The third-order valence-corrected chi connectivity index (χ3v) is 4.73. The predicted molar refractivity (Wildman–Crippen MR) is 91.1 cm³/mol. The van der Waals surface area contributed by atoms with E-state index in [-0.39, 0.29) is 11.8 Å². The minimum atomic E-state index is 0.0391. The number of hydrogen-bond donors (Lipinski definition) is 1. The van der Waals surface area contributed by atoms with Gasteiger partial charge in [-0.15, -0.1) is 0 Å². The van der Waals surface area contributed by atoms with Gasteiger partial charge < -0.3 is 14.5 Å². The number of oxazole rings is 1. The fourth-order valence-electron chi connectivity index (χ4n) is 3.32. The molecule has 2 aromatic rings. The molecule has 1 unspecified atom stereocenters. The Morgan fingerprint density at radius 3 is 2.96 bits per heavy atom. The summed E-state index contributed by atoms with van der Waals surface area (Å²) in [7, 11) is 1.68. The minimum absolute atomic E-state index is 0.0391. The molecule has 1 N–H and O–H groups in total. The largest absolute Gasteiger partial charge is 0.497 e. The number of aromatic nitrogens is 1. The molecule has 5 heteroatoms. The molecule has 1 aromatic carbocycles. The van der Waals surface area contributed by atoms with Crippen LogP contribution >= 0.6 is 0 Å². The molecule has 0 fully saturated rings. The SMILES string of the molecule is COc1ccc2c(c1)CCCC2CC(=O)NCc1nc(C)c(C)o1. The molecule has 0 spiro atoms. The van der Waals surface area contributed by atoms with Crippen LogP contribution in [-0.2, 0) is 17.8 Å². The van der Waals surface area contributed by atoms with Crippen molar-refractivity contribution in [1.82, 2.24) is 10.3 Å². The number of ether oxygens (including phenoxy) is 1. The van der Waals surface area contributed by atoms with Gasteiger partial charge in [-0.1, -0.05) is 6.07 Å². The standard InChI is InChI=1S/C19H24N2O3/c1-12-13(2)24-19(21-12)11-20-18(22)10-15-6-4-5-14-9-16(23-3)7-8-17(14)15/h7-9,15H,4-6,10-11H2,1-3H3,(H,20,22). The van der Waals surface area contributed by atoms with Crippen LogP contribution in [0.3, 0.4) is 0 Å². The van der Waals surface area contributed by atoms with E-state index < -0.39 is 0 Å².